The molecule has 3 rings (SSSR count). The molecule has 0 saturated carbocycles. The van der Waals surface area contributed by atoms with Gasteiger partial charge in [0.05, 0.1) is 6.54 Å². The molecule has 0 spiro atoms. The summed E-state index contributed by atoms with van der Waals surface area (Å²) in [6.07, 6.45) is 2.81. The van der Waals surface area contributed by atoms with Gasteiger partial charge in [0.25, 0.3) is 0 Å². The van der Waals surface area contributed by atoms with Crippen LogP contribution in [0.5, 0.6) is 0 Å². The van der Waals surface area contributed by atoms with Crippen LogP contribution in [-0.2, 0) is 6.54 Å². The molecule has 0 atom stereocenters. The van der Waals surface area contributed by atoms with Crippen LogP contribution >= 0.6 is 0 Å². The molecule has 0 aliphatic carbocycles. The highest BCUT2D eigenvalue weighted by Crippen LogP contribution is 2.27. The molecule has 27 heavy (non-hydrogen) atoms. The smallest absolute Gasteiger partial charge is 0.155 e. The molecule has 3 aromatic rings. The predicted molar refractivity (Wildman–Crippen MR) is 109 cm³/mol. The number of aromatic amines is 1. The van der Waals surface area contributed by atoms with Gasteiger partial charge in [0.2, 0.25) is 0 Å². The van der Waals surface area contributed by atoms with E-state index in [2.05, 4.69) is 83.7 Å². The minimum absolute atomic E-state index is 0. The highest BCUT2D eigenvalue weighted by atomic mass is 35.5. The molecular weight excluding hydrogens is 356 g/mol. The monoisotopic (exact) mass is 386 g/mol. The van der Waals surface area contributed by atoms with E-state index < -0.39 is 0 Å². The summed E-state index contributed by atoms with van der Waals surface area (Å²) in [5.74, 6) is 1.59. The Morgan fingerprint density at radius 1 is 1.04 bits per heavy atom. The Morgan fingerprint density at radius 3 is 2.33 bits per heavy atom. The maximum atomic E-state index is 4.22. The number of nitrogens with one attached hydrogen (secondary N) is 1. The van der Waals surface area contributed by atoms with Gasteiger partial charge in [-0.05, 0) is 42.0 Å². The van der Waals surface area contributed by atoms with E-state index in [1.807, 2.05) is 0 Å². The first-order chi connectivity index (χ1) is 12.1. The highest BCUT2D eigenvalue weighted by Gasteiger charge is 2.07. The molecule has 1 aromatic heterocycles. The van der Waals surface area contributed by atoms with Crippen molar-refractivity contribution in [1.29, 1.82) is 0 Å². The van der Waals surface area contributed by atoms with Gasteiger partial charge in [0.15, 0.2) is 5.82 Å². The maximum absolute atomic E-state index is 4.22. The van der Waals surface area contributed by atoms with Crippen LogP contribution < -0.4 is 17.7 Å². The minimum atomic E-state index is 0. The third kappa shape index (κ3) is 6.19. The fraction of sp³-hybridized carbons (Fsp3) is 0.364. The summed E-state index contributed by atoms with van der Waals surface area (Å²) in [4.78, 5) is 4.22. The van der Waals surface area contributed by atoms with E-state index in [1.165, 1.54) is 41.5 Å². The van der Waals surface area contributed by atoms with E-state index in [9.17, 15) is 0 Å². The molecule has 0 amide bonds. The van der Waals surface area contributed by atoms with Crippen LogP contribution in [0.2, 0.25) is 0 Å². The van der Waals surface area contributed by atoms with Gasteiger partial charge in [0.1, 0.15) is 12.9 Å². The van der Waals surface area contributed by atoms with Crippen LogP contribution in [0, 0.1) is 12.8 Å². The summed E-state index contributed by atoms with van der Waals surface area (Å²) in [7, 11) is 0. The average Bonchev–Trinajstić information content (AvgIpc) is 3.14. The number of rotatable bonds is 7. The first-order valence-corrected chi connectivity index (χ1v) is 9.01. The van der Waals surface area contributed by atoms with Gasteiger partial charge in [-0.3, -0.25) is 5.10 Å². The fourth-order valence-electron chi connectivity index (χ4n) is 3.02. The Morgan fingerprint density at radius 2 is 1.74 bits per heavy atom. The van der Waals surface area contributed by atoms with Crippen molar-refractivity contribution in [1.82, 2.24) is 15.2 Å². The number of quaternary nitrogens is 1. The van der Waals surface area contributed by atoms with Crippen molar-refractivity contribution in [2.45, 2.75) is 41.2 Å². The zero-order chi connectivity index (χ0) is 17.6. The Hall–Kier alpha value is -2.17. The largest absolute Gasteiger partial charge is 1.00 e. The Bertz CT molecular complexity index is 796. The second-order valence-corrected chi connectivity index (χ2v) is 7.02. The number of H-pyrrole nitrogens is 1. The van der Waals surface area contributed by atoms with Crippen molar-refractivity contribution in [3.8, 4) is 22.5 Å². The van der Waals surface area contributed by atoms with Gasteiger partial charge in [-0.25, -0.2) is 4.98 Å². The molecule has 3 N–H and O–H groups in total. The number of aromatic nitrogens is 3. The van der Waals surface area contributed by atoms with E-state index in [1.54, 1.807) is 0 Å². The molecule has 0 saturated heterocycles. The summed E-state index contributed by atoms with van der Waals surface area (Å²) in [5, 5.41) is 9.23. The van der Waals surface area contributed by atoms with Crippen LogP contribution in [0.4, 0.5) is 0 Å². The number of halogens is 1. The summed E-state index contributed by atoms with van der Waals surface area (Å²) in [6.45, 7) is 8.94. The van der Waals surface area contributed by atoms with Crippen molar-refractivity contribution in [2.75, 3.05) is 6.54 Å². The van der Waals surface area contributed by atoms with E-state index in [0.29, 0.717) is 0 Å². The first kappa shape index (κ1) is 22.9. The topological polar surface area (TPSA) is 58.2 Å². The SMILES string of the molecule is C.Cc1cc(-c2ncn[nH]2)ccc1-c1ccc(C[NH2+]CCC(C)C)cc1.[Cl-]. The quantitative estimate of drug-likeness (QED) is 0.599. The van der Waals surface area contributed by atoms with E-state index in [4.69, 9.17) is 0 Å². The van der Waals surface area contributed by atoms with Gasteiger partial charge in [-0.1, -0.05) is 57.7 Å². The minimum Gasteiger partial charge on any atom is -1.00 e. The normalized spacial score (nSPS) is 10.4. The third-order valence-electron chi connectivity index (χ3n) is 4.51. The summed E-state index contributed by atoms with van der Waals surface area (Å²) in [5.41, 5.74) is 6.20. The van der Waals surface area contributed by atoms with E-state index in [-0.39, 0.29) is 19.8 Å². The molecule has 0 aliphatic rings. The molecule has 146 valence electrons. The van der Waals surface area contributed by atoms with Crippen LogP contribution in [0.15, 0.2) is 48.8 Å². The zero-order valence-electron chi connectivity index (χ0n) is 15.7. The summed E-state index contributed by atoms with van der Waals surface area (Å²) in [6, 6.07) is 15.3. The standard InChI is InChI=1S/C21H26N4.CH4.ClH/c1-15(2)10-11-22-13-17-4-6-18(7-5-17)20-9-8-19(12-16(20)3)21-23-14-24-25-21;;/h4-9,12,14-15,22H,10-11,13H2,1-3H3,(H,23,24,25);1H4;1H. The van der Waals surface area contributed by atoms with Gasteiger partial charge in [-0.2, -0.15) is 5.10 Å². The molecule has 4 nitrogen and oxygen atoms in total. The molecule has 0 radical (unpaired) electrons. The summed E-state index contributed by atoms with van der Waals surface area (Å²) >= 11 is 0. The van der Waals surface area contributed by atoms with Crippen molar-refractivity contribution < 1.29 is 17.7 Å². The lowest BCUT2D eigenvalue weighted by Crippen LogP contribution is -3.00. The zero-order valence-corrected chi connectivity index (χ0v) is 16.4. The number of aryl methyl sites for hydroxylation is 1. The van der Waals surface area contributed by atoms with E-state index in [0.717, 1.165) is 23.9 Å². The van der Waals surface area contributed by atoms with Crippen molar-refractivity contribution >= 4 is 0 Å². The number of hydrogen-bond acceptors (Lipinski definition) is 2. The molecule has 0 unspecified atom stereocenters. The number of benzene rings is 2. The van der Waals surface area contributed by atoms with Gasteiger partial charge < -0.3 is 17.7 Å². The molecule has 0 aliphatic heterocycles. The lowest BCUT2D eigenvalue weighted by molar-refractivity contribution is -0.671. The second kappa shape index (κ2) is 10.9. The van der Waals surface area contributed by atoms with Crippen molar-refractivity contribution in [3.05, 3.63) is 59.9 Å². The van der Waals surface area contributed by atoms with Crippen LogP contribution in [0.1, 0.15) is 38.8 Å². The van der Waals surface area contributed by atoms with Crippen LogP contribution in [0.3, 0.4) is 0 Å². The maximum Gasteiger partial charge on any atom is 0.155 e. The highest BCUT2D eigenvalue weighted by molar-refractivity contribution is 5.71. The average molecular weight is 387 g/mol. The van der Waals surface area contributed by atoms with Crippen molar-refractivity contribution in [3.63, 3.8) is 0 Å². The molecule has 2 aromatic carbocycles. The van der Waals surface area contributed by atoms with Gasteiger partial charge in [0, 0.05) is 11.1 Å². The van der Waals surface area contributed by atoms with Crippen LogP contribution in [0.25, 0.3) is 22.5 Å². The molecule has 0 fully saturated rings. The van der Waals surface area contributed by atoms with Gasteiger partial charge >= 0.3 is 0 Å². The Labute approximate surface area is 169 Å². The van der Waals surface area contributed by atoms with E-state index >= 15 is 0 Å². The number of hydrogen-bond donors (Lipinski definition) is 2. The lowest BCUT2D eigenvalue weighted by Gasteiger charge is -2.09. The predicted octanol–water partition coefficient (Wildman–Crippen LogP) is 1.20. The lowest BCUT2D eigenvalue weighted by atomic mass is 9.97. The second-order valence-electron chi connectivity index (χ2n) is 7.02. The van der Waals surface area contributed by atoms with Crippen LogP contribution in [-0.4, -0.2) is 21.7 Å². The molecule has 0 bridgehead atoms. The summed E-state index contributed by atoms with van der Waals surface area (Å²) < 4.78 is 0. The molecule has 1 heterocycles. The van der Waals surface area contributed by atoms with Gasteiger partial charge in [-0.15, -0.1) is 0 Å². The van der Waals surface area contributed by atoms with Crippen molar-refractivity contribution in [2.24, 2.45) is 5.92 Å². The Kier molecular flexibility index (Phi) is 9.19. The fourth-order valence-corrected chi connectivity index (χ4v) is 3.02. The molecular formula is C22H31ClN4. The molecule has 5 heteroatoms. The first-order valence-electron chi connectivity index (χ1n) is 9.01. The Balaban J connectivity index is 0.00000182. The number of nitrogens with two attached hydrogens (primary N) is 1. The third-order valence-corrected chi connectivity index (χ3v) is 4.51. The number of nitrogens with zero attached hydrogens (tertiary/aromatic N) is 2.